The Morgan fingerprint density at radius 3 is 2.52 bits per heavy atom. The third-order valence-corrected chi connectivity index (χ3v) is 4.19. The number of fused-ring (bicyclic) bond motifs is 1. The number of para-hydroxylation sites is 1. The Bertz CT molecular complexity index is 657. The first-order valence-electron chi connectivity index (χ1n) is 6.76. The number of piperidine rings is 1. The summed E-state index contributed by atoms with van der Waals surface area (Å²) in [5.41, 5.74) is -0.0412. The summed E-state index contributed by atoms with van der Waals surface area (Å²) >= 11 is 0. The SMILES string of the molecule is Cn1cnc2c(N3CCC(O)(C(F)(F)F)CC3)cccc21. The van der Waals surface area contributed by atoms with Crippen molar-refractivity contribution in [2.24, 2.45) is 7.05 Å². The van der Waals surface area contributed by atoms with Crippen LogP contribution in [0.4, 0.5) is 18.9 Å². The second-order valence-corrected chi connectivity index (χ2v) is 5.52. The van der Waals surface area contributed by atoms with Gasteiger partial charge in [-0.15, -0.1) is 0 Å². The van der Waals surface area contributed by atoms with Gasteiger partial charge < -0.3 is 14.6 Å². The Balaban J connectivity index is 1.87. The van der Waals surface area contributed by atoms with Crippen LogP contribution in [-0.4, -0.2) is 39.5 Å². The molecule has 3 rings (SSSR count). The first-order valence-corrected chi connectivity index (χ1v) is 6.76. The number of alkyl halides is 3. The number of aryl methyl sites for hydroxylation is 1. The zero-order valence-electron chi connectivity index (χ0n) is 11.6. The highest BCUT2D eigenvalue weighted by molar-refractivity contribution is 5.89. The number of hydrogen-bond acceptors (Lipinski definition) is 3. The Hall–Kier alpha value is -1.76. The summed E-state index contributed by atoms with van der Waals surface area (Å²) in [4.78, 5) is 6.17. The van der Waals surface area contributed by atoms with E-state index in [1.165, 1.54) is 0 Å². The summed E-state index contributed by atoms with van der Waals surface area (Å²) in [7, 11) is 1.87. The number of rotatable bonds is 1. The van der Waals surface area contributed by atoms with E-state index < -0.39 is 11.8 Å². The lowest BCUT2D eigenvalue weighted by Gasteiger charge is -2.40. The zero-order valence-corrected chi connectivity index (χ0v) is 11.6. The topological polar surface area (TPSA) is 41.3 Å². The fourth-order valence-corrected chi connectivity index (χ4v) is 2.80. The Morgan fingerprint density at radius 2 is 1.90 bits per heavy atom. The molecule has 0 amide bonds. The van der Waals surface area contributed by atoms with Gasteiger partial charge in [0.15, 0.2) is 5.60 Å². The van der Waals surface area contributed by atoms with Crippen molar-refractivity contribution in [1.82, 2.24) is 9.55 Å². The molecule has 7 heteroatoms. The second-order valence-electron chi connectivity index (χ2n) is 5.52. The first-order chi connectivity index (χ1) is 9.82. The van der Waals surface area contributed by atoms with Crippen LogP contribution in [0, 0.1) is 0 Å². The molecule has 0 atom stereocenters. The maximum absolute atomic E-state index is 12.8. The van der Waals surface area contributed by atoms with Crippen LogP contribution in [0.15, 0.2) is 24.5 Å². The summed E-state index contributed by atoms with van der Waals surface area (Å²) in [5, 5.41) is 9.72. The van der Waals surface area contributed by atoms with Crippen LogP contribution in [0.3, 0.4) is 0 Å². The fraction of sp³-hybridized carbons (Fsp3) is 0.500. The molecule has 0 saturated carbocycles. The van der Waals surface area contributed by atoms with Crippen molar-refractivity contribution in [3.05, 3.63) is 24.5 Å². The molecule has 114 valence electrons. The van der Waals surface area contributed by atoms with E-state index in [2.05, 4.69) is 4.98 Å². The van der Waals surface area contributed by atoms with Crippen LogP contribution in [-0.2, 0) is 7.05 Å². The number of benzene rings is 1. The maximum atomic E-state index is 12.8. The van der Waals surface area contributed by atoms with Crippen molar-refractivity contribution in [2.45, 2.75) is 24.6 Å². The molecule has 0 unspecified atom stereocenters. The van der Waals surface area contributed by atoms with Gasteiger partial charge in [0.05, 0.1) is 17.5 Å². The van der Waals surface area contributed by atoms with Crippen LogP contribution in [0.2, 0.25) is 0 Å². The molecule has 0 spiro atoms. The number of nitrogens with zero attached hydrogens (tertiary/aromatic N) is 3. The quantitative estimate of drug-likeness (QED) is 0.879. The number of hydrogen-bond donors (Lipinski definition) is 1. The highest BCUT2D eigenvalue weighted by Crippen LogP contribution is 2.40. The molecule has 0 aliphatic carbocycles. The molecule has 2 aromatic rings. The number of aliphatic hydroxyl groups is 1. The van der Waals surface area contributed by atoms with E-state index in [1.54, 1.807) is 6.33 Å². The van der Waals surface area contributed by atoms with E-state index in [9.17, 15) is 18.3 Å². The highest BCUT2D eigenvalue weighted by Gasteiger charge is 2.54. The van der Waals surface area contributed by atoms with E-state index in [0.29, 0.717) is 0 Å². The number of anilines is 1. The van der Waals surface area contributed by atoms with Crippen molar-refractivity contribution < 1.29 is 18.3 Å². The molecule has 2 heterocycles. The van der Waals surface area contributed by atoms with Gasteiger partial charge in [-0.05, 0) is 12.1 Å². The van der Waals surface area contributed by atoms with Gasteiger partial charge in [0.1, 0.15) is 5.52 Å². The van der Waals surface area contributed by atoms with Crippen molar-refractivity contribution in [3.8, 4) is 0 Å². The monoisotopic (exact) mass is 299 g/mol. The van der Waals surface area contributed by atoms with E-state index >= 15 is 0 Å². The molecule has 1 aromatic carbocycles. The molecule has 0 radical (unpaired) electrons. The minimum Gasteiger partial charge on any atom is -0.380 e. The lowest BCUT2D eigenvalue weighted by molar-refractivity contribution is -0.266. The first kappa shape index (κ1) is 14.2. The number of halogens is 3. The van der Waals surface area contributed by atoms with Crippen LogP contribution >= 0.6 is 0 Å². The Labute approximate surface area is 119 Å². The van der Waals surface area contributed by atoms with Crippen molar-refractivity contribution in [2.75, 3.05) is 18.0 Å². The number of imidazole rings is 1. The molecule has 1 aromatic heterocycles. The average molecular weight is 299 g/mol. The summed E-state index contributed by atoms with van der Waals surface area (Å²) in [6.45, 7) is 0.317. The standard InChI is InChI=1S/C14H16F3N3O/c1-19-9-18-12-10(19)3-2-4-11(12)20-7-5-13(21,6-8-20)14(15,16)17/h2-4,9,21H,5-8H2,1H3. The third kappa shape index (κ3) is 2.25. The average Bonchev–Trinajstić information content (AvgIpc) is 2.81. The lowest BCUT2D eigenvalue weighted by atomic mass is 9.90. The van der Waals surface area contributed by atoms with Gasteiger partial charge in [0.2, 0.25) is 0 Å². The Morgan fingerprint density at radius 1 is 1.24 bits per heavy atom. The van der Waals surface area contributed by atoms with Crippen LogP contribution < -0.4 is 4.90 Å². The van der Waals surface area contributed by atoms with E-state index in [4.69, 9.17) is 0 Å². The molecule has 1 fully saturated rings. The van der Waals surface area contributed by atoms with Crippen molar-refractivity contribution in [3.63, 3.8) is 0 Å². The smallest absolute Gasteiger partial charge is 0.380 e. The summed E-state index contributed by atoms with van der Waals surface area (Å²) in [5.74, 6) is 0. The van der Waals surface area contributed by atoms with Gasteiger partial charge >= 0.3 is 6.18 Å². The summed E-state index contributed by atoms with van der Waals surface area (Å²) in [6.07, 6.45) is -3.53. The van der Waals surface area contributed by atoms with Crippen LogP contribution in [0.5, 0.6) is 0 Å². The predicted molar refractivity (Wildman–Crippen MR) is 73.2 cm³/mol. The van der Waals surface area contributed by atoms with Gasteiger partial charge in [-0.2, -0.15) is 13.2 Å². The molecule has 1 aliphatic heterocycles. The van der Waals surface area contributed by atoms with Crippen LogP contribution in [0.25, 0.3) is 11.0 Å². The molecule has 21 heavy (non-hydrogen) atoms. The minimum absolute atomic E-state index is 0.158. The molecule has 0 bridgehead atoms. The molecule has 4 nitrogen and oxygen atoms in total. The maximum Gasteiger partial charge on any atom is 0.417 e. The summed E-state index contributed by atoms with van der Waals surface area (Å²) < 4.78 is 40.4. The molecular weight excluding hydrogens is 283 g/mol. The lowest BCUT2D eigenvalue weighted by Crippen LogP contribution is -2.53. The zero-order chi connectivity index (χ0) is 15.3. The normalized spacial score (nSPS) is 19.2. The van der Waals surface area contributed by atoms with Gasteiger partial charge in [0, 0.05) is 33.0 Å². The van der Waals surface area contributed by atoms with E-state index in [1.807, 2.05) is 34.7 Å². The second kappa shape index (κ2) is 4.62. The Kier molecular flexibility index (Phi) is 3.12. The van der Waals surface area contributed by atoms with Gasteiger partial charge in [-0.1, -0.05) is 6.07 Å². The van der Waals surface area contributed by atoms with Crippen molar-refractivity contribution in [1.29, 1.82) is 0 Å². The molecule has 1 saturated heterocycles. The number of aromatic nitrogens is 2. The predicted octanol–water partition coefficient (Wildman–Crippen LogP) is 2.47. The summed E-state index contributed by atoms with van der Waals surface area (Å²) in [6, 6.07) is 5.64. The third-order valence-electron chi connectivity index (χ3n) is 4.19. The largest absolute Gasteiger partial charge is 0.417 e. The van der Waals surface area contributed by atoms with E-state index in [0.717, 1.165) is 16.7 Å². The molecular formula is C14H16F3N3O. The van der Waals surface area contributed by atoms with Crippen molar-refractivity contribution >= 4 is 16.7 Å². The van der Waals surface area contributed by atoms with Crippen LogP contribution in [0.1, 0.15) is 12.8 Å². The highest BCUT2D eigenvalue weighted by atomic mass is 19.4. The molecule has 1 N–H and O–H groups in total. The van der Waals surface area contributed by atoms with Gasteiger partial charge in [-0.3, -0.25) is 0 Å². The van der Waals surface area contributed by atoms with Gasteiger partial charge in [-0.25, -0.2) is 4.98 Å². The fourth-order valence-electron chi connectivity index (χ4n) is 2.80. The van der Waals surface area contributed by atoms with E-state index in [-0.39, 0.29) is 25.9 Å². The minimum atomic E-state index is -4.57. The molecule has 1 aliphatic rings. The van der Waals surface area contributed by atoms with Gasteiger partial charge in [0.25, 0.3) is 0 Å².